The predicted octanol–water partition coefficient (Wildman–Crippen LogP) is -0.0435. The summed E-state index contributed by atoms with van der Waals surface area (Å²) < 4.78 is 27.9. The van der Waals surface area contributed by atoms with Crippen molar-refractivity contribution < 1.29 is 18.0 Å². The molecule has 1 unspecified atom stereocenters. The first-order chi connectivity index (χ1) is 14.0. The molecule has 1 heterocycles. The maximum absolute atomic E-state index is 12.8. The Bertz CT molecular complexity index is 1120. The minimum Gasteiger partial charge on any atom is -0.393 e. The minimum absolute atomic E-state index is 0.00811. The van der Waals surface area contributed by atoms with Gasteiger partial charge in [-0.25, -0.2) is 8.42 Å². The van der Waals surface area contributed by atoms with Gasteiger partial charge in [0.2, 0.25) is 11.9 Å². The third-order valence-electron chi connectivity index (χ3n) is 4.12. The zero-order valence-electron chi connectivity index (χ0n) is 16.5. The Morgan fingerprint density at radius 1 is 1.23 bits per heavy atom. The predicted molar refractivity (Wildman–Crippen MR) is 112 cm³/mol. The van der Waals surface area contributed by atoms with E-state index in [1.54, 1.807) is 26.0 Å². The number of carbonyl (C=O) groups excluding carboxylic acids is 1. The summed E-state index contributed by atoms with van der Waals surface area (Å²) >= 11 is 0. The van der Waals surface area contributed by atoms with Gasteiger partial charge < -0.3 is 27.0 Å². The van der Waals surface area contributed by atoms with Crippen molar-refractivity contribution in [3.8, 4) is 0 Å². The third kappa shape index (κ3) is 5.73. The topological polar surface area (TPSA) is 196 Å². The van der Waals surface area contributed by atoms with E-state index in [0.717, 1.165) is 5.56 Å². The second kappa shape index (κ2) is 9.31. The second-order valence-corrected chi connectivity index (χ2v) is 8.31. The fraction of sp³-hybridized carbons (Fsp3) is 0.278. The number of aryl methyl sites for hydroxylation is 2. The second-order valence-electron chi connectivity index (χ2n) is 6.63. The lowest BCUT2D eigenvalue weighted by Crippen LogP contribution is -2.29. The number of amides is 1. The van der Waals surface area contributed by atoms with Crippen molar-refractivity contribution in [2.24, 2.45) is 22.4 Å². The van der Waals surface area contributed by atoms with Crippen LogP contribution in [0.1, 0.15) is 29.2 Å². The average molecular weight is 436 g/mol. The van der Waals surface area contributed by atoms with Crippen LogP contribution >= 0.6 is 0 Å². The van der Waals surface area contributed by atoms with Gasteiger partial charge in [0.15, 0.2) is 0 Å². The molecule has 0 radical (unpaired) electrons. The molecule has 1 aromatic heterocycles. The summed E-state index contributed by atoms with van der Waals surface area (Å²) in [6.07, 6.45) is 0.00811. The van der Waals surface area contributed by atoms with Crippen LogP contribution in [0.2, 0.25) is 0 Å². The number of nitrogens with zero attached hydrogens (tertiary/aromatic N) is 1. The van der Waals surface area contributed by atoms with Gasteiger partial charge in [0.05, 0.1) is 10.8 Å². The van der Waals surface area contributed by atoms with Crippen LogP contribution in [0.4, 0.5) is 5.69 Å². The Morgan fingerprint density at radius 3 is 2.53 bits per heavy atom. The fourth-order valence-electron chi connectivity index (χ4n) is 2.81. The number of aromatic amines is 1. The molecule has 1 atom stereocenters. The molecule has 0 aliphatic rings. The minimum atomic E-state index is -4.10. The van der Waals surface area contributed by atoms with Crippen molar-refractivity contribution >= 4 is 27.6 Å². The smallest absolute Gasteiger partial charge is 0.272 e. The molecule has 0 saturated carbocycles. The van der Waals surface area contributed by atoms with Crippen molar-refractivity contribution in [1.29, 1.82) is 0 Å². The van der Waals surface area contributed by atoms with Crippen molar-refractivity contribution in [2.45, 2.75) is 31.1 Å². The molecule has 1 aromatic carbocycles. The lowest BCUT2D eigenvalue weighted by Gasteiger charge is -2.18. The molecule has 162 valence electrons. The number of H-pyrrole nitrogens is 1. The molecule has 8 N–H and O–H groups in total. The Hall–Kier alpha value is -3.54. The van der Waals surface area contributed by atoms with Crippen LogP contribution in [0.15, 0.2) is 45.2 Å². The van der Waals surface area contributed by atoms with Crippen molar-refractivity contribution in [3.05, 3.63) is 57.5 Å². The summed E-state index contributed by atoms with van der Waals surface area (Å²) in [6, 6.07) is 7.65. The number of aromatic nitrogens is 1. The number of primary amides is 1. The van der Waals surface area contributed by atoms with E-state index in [1.165, 1.54) is 18.2 Å². The molecule has 0 bridgehead atoms. The summed E-state index contributed by atoms with van der Waals surface area (Å²) in [5, 5.41) is 3.36. The van der Waals surface area contributed by atoms with Gasteiger partial charge in [0.1, 0.15) is 12.3 Å². The number of carbonyl (C=O) groups is 1. The number of hydrogen-bond donors (Lipinski definition) is 5. The Kier molecular flexibility index (Phi) is 7.06. The third-order valence-corrected chi connectivity index (χ3v) is 5.47. The van der Waals surface area contributed by atoms with Gasteiger partial charge in [-0.15, -0.1) is 0 Å². The van der Waals surface area contributed by atoms with Crippen molar-refractivity contribution in [1.82, 2.24) is 4.98 Å². The van der Waals surface area contributed by atoms with Crippen LogP contribution in [-0.2, 0) is 19.7 Å². The zero-order valence-corrected chi connectivity index (χ0v) is 17.3. The summed E-state index contributed by atoms with van der Waals surface area (Å²) in [7, 11) is -4.10. The SMILES string of the molecule is Cc1cccc(S(=O)(=O)Nc2c(C(CCON=C(N)N)C(N)=O)cc(C)[nH]c2=O)c1. The van der Waals surface area contributed by atoms with E-state index >= 15 is 0 Å². The summed E-state index contributed by atoms with van der Waals surface area (Å²) in [4.78, 5) is 32.0. The number of benzene rings is 1. The van der Waals surface area contributed by atoms with E-state index in [-0.39, 0.29) is 35.1 Å². The van der Waals surface area contributed by atoms with E-state index < -0.39 is 27.4 Å². The number of pyridine rings is 1. The lowest BCUT2D eigenvalue weighted by molar-refractivity contribution is -0.119. The molecular weight excluding hydrogens is 412 g/mol. The molecule has 0 fully saturated rings. The monoisotopic (exact) mass is 436 g/mol. The highest BCUT2D eigenvalue weighted by Gasteiger charge is 2.26. The average Bonchev–Trinajstić information content (AvgIpc) is 2.63. The highest BCUT2D eigenvalue weighted by molar-refractivity contribution is 7.92. The van der Waals surface area contributed by atoms with Gasteiger partial charge in [-0.3, -0.25) is 14.3 Å². The van der Waals surface area contributed by atoms with Gasteiger partial charge >= 0.3 is 0 Å². The van der Waals surface area contributed by atoms with Gasteiger partial charge in [-0.2, -0.15) is 0 Å². The molecule has 2 aromatic rings. The summed E-state index contributed by atoms with van der Waals surface area (Å²) in [5.74, 6) is -2.11. The van der Waals surface area contributed by atoms with E-state index in [4.69, 9.17) is 22.0 Å². The molecule has 30 heavy (non-hydrogen) atoms. The maximum Gasteiger partial charge on any atom is 0.272 e. The van der Waals surface area contributed by atoms with Gasteiger partial charge in [-0.05, 0) is 54.8 Å². The van der Waals surface area contributed by atoms with Gasteiger partial charge in [0.25, 0.3) is 15.6 Å². The molecule has 0 spiro atoms. The quantitative estimate of drug-likeness (QED) is 0.157. The molecule has 12 heteroatoms. The van der Waals surface area contributed by atoms with Crippen LogP contribution < -0.4 is 27.5 Å². The standard InChI is InChI=1S/C18H24N6O5S/c1-10-4-3-5-12(8-10)30(27,28)24-15-14(9-11(2)22-17(15)26)13(16(19)25)6-7-29-23-18(20)21/h3-5,8-9,13,24H,6-7H2,1-2H3,(H2,19,25)(H,22,26)(H4,20,21,23). The first kappa shape index (κ1) is 22.7. The van der Waals surface area contributed by atoms with Gasteiger partial charge in [-0.1, -0.05) is 12.1 Å². The molecule has 11 nitrogen and oxygen atoms in total. The maximum atomic E-state index is 12.8. The fourth-order valence-corrected chi connectivity index (χ4v) is 4.01. The Morgan fingerprint density at radius 2 is 1.93 bits per heavy atom. The Balaban J connectivity index is 2.46. The molecule has 0 saturated heterocycles. The number of nitrogens with two attached hydrogens (primary N) is 3. The highest BCUT2D eigenvalue weighted by Crippen LogP contribution is 2.27. The normalized spacial score (nSPS) is 12.1. The number of hydrogen-bond acceptors (Lipinski definition) is 6. The number of anilines is 1. The zero-order chi connectivity index (χ0) is 22.5. The van der Waals surface area contributed by atoms with Crippen LogP contribution in [-0.4, -0.2) is 31.9 Å². The first-order valence-corrected chi connectivity index (χ1v) is 10.3. The van der Waals surface area contributed by atoms with Crippen LogP contribution in [0.5, 0.6) is 0 Å². The van der Waals surface area contributed by atoms with Gasteiger partial charge in [0, 0.05) is 5.69 Å². The van der Waals surface area contributed by atoms with Crippen LogP contribution in [0.25, 0.3) is 0 Å². The van der Waals surface area contributed by atoms with E-state index in [1.807, 2.05) is 0 Å². The number of oxime groups is 1. The number of rotatable bonds is 9. The Labute approximate surface area is 173 Å². The van der Waals surface area contributed by atoms with Crippen molar-refractivity contribution in [3.63, 3.8) is 0 Å². The van der Waals surface area contributed by atoms with E-state index in [0.29, 0.717) is 5.69 Å². The summed E-state index contributed by atoms with van der Waals surface area (Å²) in [5.41, 5.74) is 16.1. The van der Waals surface area contributed by atoms with Crippen LogP contribution in [0, 0.1) is 13.8 Å². The molecule has 1 amide bonds. The van der Waals surface area contributed by atoms with E-state index in [2.05, 4.69) is 14.9 Å². The van der Waals surface area contributed by atoms with E-state index in [9.17, 15) is 18.0 Å². The first-order valence-electron chi connectivity index (χ1n) is 8.85. The number of guanidine groups is 1. The lowest BCUT2D eigenvalue weighted by atomic mass is 9.94. The number of nitrogens with one attached hydrogen (secondary N) is 2. The van der Waals surface area contributed by atoms with Crippen LogP contribution in [0.3, 0.4) is 0 Å². The van der Waals surface area contributed by atoms with Crippen molar-refractivity contribution in [2.75, 3.05) is 11.3 Å². The highest BCUT2D eigenvalue weighted by atomic mass is 32.2. The molecular formula is C18H24N6O5S. The molecule has 0 aliphatic carbocycles. The molecule has 2 rings (SSSR count). The molecule has 0 aliphatic heterocycles. The largest absolute Gasteiger partial charge is 0.393 e. The number of sulfonamides is 1. The summed E-state index contributed by atoms with van der Waals surface area (Å²) in [6.45, 7) is 3.24.